The molecule has 0 aromatic heterocycles. The van der Waals surface area contributed by atoms with Gasteiger partial charge < -0.3 is 4.74 Å². The summed E-state index contributed by atoms with van der Waals surface area (Å²) in [5.41, 5.74) is 3.24. The Labute approximate surface area is 121 Å². The van der Waals surface area contributed by atoms with Crippen molar-refractivity contribution in [3.05, 3.63) is 29.3 Å². The van der Waals surface area contributed by atoms with Gasteiger partial charge in [-0.3, -0.25) is 9.69 Å². The van der Waals surface area contributed by atoms with Crippen molar-refractivity contribution < 1.29 is 9.53 Å². The fourth-order valence-corrected chi connectivity index (χ4v) is 2.17. The second kappa shape index (κ2) is 8.94. The van der Waals surface area contributed by atoms with Crippen LogP contribution in [-0.2, 0) is 22.4 Å². The van der Waals surface area contributed by atoms with Gasteiger partial charge in [0.15, 0.2) is 0 Å². The smallest absolute Gasteiger partial charge is 0.243 e. The summed E-state index contributed by atoms with van der Waals surface area (Å²) in [6.45, 7) is 4.39. The van der Waals surface area contributed by atoms with E-state index in [-0.39, 0.29) is 25.9 Å². The maximum absolute atomic E-state index is 12.0. The first-order valence-corrected chi connectivity index (χ1v) is 6.69. The molecule has 3 nitrogen and oxygen atoms in total. The van der Waals surface area contributed by atoms with E-state index in [1.165, 1.54) is 0 Å². The van der Waals surface area contributed by atoms with Crippen molar-refractivity contribution in [2.75, 3.05) is 24.6 Å². The number of anilines is 1. The number of ether oxygens (including phenoxy) is 1. The highest BCUT2D eigenvalue weighted by atomic mass is 35.5. The number of hydrogen-bond acceptors (Lipinski definition) is 2. The van der Waals surface area contributed by atoms with Crippen LogP contribution in [0.3, 0.4) is 0 Å². The van der Waals surface area contributed by atoms with E-state index < -0.39 is 0 Å². The molecule has 4 heteroatoms. The lowest BCUT2D eigenvalue weighted by atomic mass is 10.0. The fourth-order valence-electron chi connectivity index (χ4n) is 2.02. The van der Waals surface area contributed by atoms with Gasteiger partial charge in [-0.25, -0.2) is 0 Å². The zero-order valence-electron chi connectivity index (χ0n) is 11.2. The average molecular weight is 286 g/mol. The topological polar surface area (TPSA) is 29.5 Å². The Bertz CT molecular complexity index is 385. The highest BCUT2D eigenvalue weighted by Crippen LogP contribution is 2.27. The molecule has 0 saturated heterocycles. The molecule has 108 valence electrons. The van der Waals surface area contributed by atoms with Crippen LogP contribution >= 0.6 is 11.6 Å². The summed E-state index contributed by atoms with van der Waals surface area (Å²) in [6, 6.07) is 6.11. The molecule has 0 bridgehead atoms. The van der Waals surface area contributed by atoms with Crippen LogP contribution in [0.25, 0.3) is 0 Å². The molecule has 0 fully saturated rings. The third-order valence-electron chi connectivity index (χ3n) is 2.91. The van der Waals surface area contributed by atoms with Crippen LogP contribution in [0.1, 0.15) is 32.4 Å². The van der Waals surface area contributed by atoms with Gasteiger partial charge in [0.25, 0.3) is 0 Å². The summed E-state index contributed by atoms with van der Waals surface area (Å²) in [7, 11) is 1.58. The normalized spacial score (nSPS) is 9.89. The zero-order chi connectivity index (χ0) is 13.5. The van der Waals surface area contributed by atoms with Crippen molar-refractivity contribution in [2.24, 2.45) is 0 Å². The first kappa shape index (κ1) is 17.9. The van der Waals surface area contributed by atoms with Crippen molar-refractivity contribution in [3.8, 4) is 0 Å². The largest absolute Gasteiger partial charge is 0.364 e. The predicted octanol–water partition coefficient (Wildman–Crippen LogP) is 3.62. The van der Waals surface area contributed by atoms with Crippen LogP contribution in [0, 0.1) is 0 Å². The van der Waals surface area contributed by atoms with E-state index in [1.807, 2.05) is 18.2 Å². The molecule has 0 heterocycles. The summed E-state index contributed by atoms with van der Waals surface area (Å²) >= 11 is 5.68. The number of alkyl halides is 1. The summed E-state index contributed by atoms with van der Waals surface area (Å²) in [5, 5.41) is 0. The van der Waals surface area contributed by atoms with Gasteiger partial charge in [0.05, 0.1) is 5.69 Å². The standard InChI is InChI=1S/C14H20ClNO2.CH4/c1-4-11-7-6-8-12(5-2)14(11)16(10-18-3)13(17)9-15;/h6-8H,4-5,9-10H2,1-3H3;1H4. The third kappa shape index (κ3) is 4.22. The molecular weight excluding hydrogens is 262 g/mol. The minimum atomic E-state index is -0.130. The lowest BCUT2D eigenvalue weighted by Crippen LogP contribution is -2.35. The Morgan fingerprint density at radius 1 is 1.26 bits per heavy atom. The highest BCUT2D eigenvalue weighted by molar-refractivity contribution is 6.29. The van der Waals surface area contributed by atoms with E-state index in [0.717, 1.165) is 29.7 Å². The van der Waals surface area contributed by atoms with Crippen LogP contribution < -0.4 is 4.90 Å². The number of halogens is 1. The van der Waals surface area contributed by atoms with Crippen LogP contribution in [0.15, 0.2) is 18.2 Å². The molecule has 0 saturated carbocycles. The number of carbonyl (C=O) groups excluding carboxylic acids is 1. The molecular formula is C15H24ClNO2. The van der Waals surface area contributed by atoms with Crippen LogP contribution in [-0.4, -0.2) is 25.6 Å². The number of methoxy groups -OCH3 is 1. The lowest BCUT2D eigenvalue weighted by Gasteiger charge is -2.26. The molecule has 0 spiro atoms. The Balaban J connectivity index is 0.00000324. The molecule has 0 radical (unpaired) electrons. The van der Waals surface area contributed by atoms with Gasteiger partial charge in [0.1, 0.15) is 12.6 Å². The maximum Gasteiger partial charge on any atom is 0.243 e. The predicted molar refractivity (Wildman–Crippen MR) is 82.0 cm³/mol. The number of amides is 1. The number of nitrogens with zero attached hydrogens (tertiary/aromatic N) is 1. The Morgan fingerprint density at radius 3 is 2.16 bits per heavy atom. The molecule has 0 aliphatic rings. The minimum Gasteiger partial charge on any atom is -0.364 e. The molecule has 0 aliphatic carbocycles. The number of aryl methyl sites for hydroxylation is 2. The Morgan fingerprint density at radius 2 is 1.79 bits per heavy atom. The van der Waals surface area contributed by atoms with Crippen molar-refractivity contribution in [1.29, 1.82) is 0 Å². The van der Waals surface area contributed by atoms with Crippen LogP contribution in [0.5, 0.6) is 0 Å². The number of hydrogen-bond donors (Lipinski definition) is 0. The number of rotatable bonds is 6. The van der Waals surface area contributed by atoms with E-state index >= 15 is 0 Å². The number of benzene rings is 1. The fraction of sp³-hybridized carbons (Fsp3) is 0.533. The third-order valence-corrected chi connectivity index (χ3v) is 3.14. The average Bonchev–Trinajstić information content (AvgIpc) is 2.43. The van der Waals surface area contributed by atoms with Gasteiger partial charge >= 0.3 is 0 Å². The van der Waals surface area contributed by atoms with Crippen molar-refractivity contribution >= 4 is 23.2 Å². The summed E-state index contributed by atoms with van der Waals surface area (Å²) in [6.07, 6.45) is 1.75. The maximum atomic E-state index is 12.0. The summed E-state index contributed by atoms with van der Waals surface area (Å²) in [5.74, 6) is -0.168. The van der Waals surface area contributed by atoms with E-state index in [0.29, 0.717) is 0 Å². The van der Waals surface area contributed by atoms with Gasteiger partial charge in [-0.2, -0.15) is 0 Å². The molecule has 1 amide bonds. The Hall–Kier alpha value is -1.06. The quantitative estimate of drug-likeness (QED) is 0.590. The summed E-state index contributed by atoms with van der Waals surface area (Å²) in [4.78, 5) is 13.6. The van der Waals surface area contributed by atoms with Crippen molar-refractivity contribution in [3.63, 3.8) is 0 Å². The SMILES string of the molecule is C.CCc1cccc(CC)c1N(COC)C(=O)CCl. The molecule has 0 unspecified atom stereocenters. The molecule has 0 N–H and O–H groups in total. The second-order valence-corrected chi connectivity index (χ2v) is 4.27. The molecule has 1 rings (SSSR count). The van der Waals surface area contributed by atoms with E-state index in [1.54, 1.807) is 12.0 Å². The molecule has 0 aliphatic heterocycles. The summed E-state index contributed by atoms with van der Waals surface area (Å²) < 4.78 is 5.13. The van der Waals surface area contributed by atoms with Crippen LogP contribution in [0.4, 0.5) is 5.69 Å². The molecule has 19 heavy (non-hydrogen) atoms. The lowest BCUT2D eigenvalue weighted by molar-refractivity contribution is -0.117. The minimum absolute atomic E-state index is 0. The van der Waals surface area contributed by atoms with E-state index in [4.69, 9.17) is 16.3 Å². The van der Waals surface area contributed by atoms with Crippen molar-refractivity contribution in [1.82, 2.24) is 0 Å². The Kier molecular flexibility index (Phi) is 8.44. The van der Waals surface area contributed by atoms with E-state index in [9.17, 15) is 4.79 Å². The van der Waals surface area contributed by atoms with Gasteiger partial charge in [-0.05, 0) is 24.0 Å². The van der Waals surface area contributed by atoms with Gasteiger partial charge in [-0.15, -0.1) is 11.6 Å². The highest BCUT2D eigenvalue weighted by Gasteiger charge is 2.19. The van der Waals surface area contributed by atoms with Gasteiger partial charge in [-0.1, -0.05) is 39.5 Å². The first-order chi connectivity index (χ1) is 8.69. The second-order valence-electron chi connectivity index (χ2n) is 4.01. The van der Waals surface area contributed by atoms with E-state index in [2.05, 4.69) is 13.8 Å². The molecule has 1 aromatic rings. The molecule has 0 atom stereocenters. The van der Waals surface area contributed by atoms with Crippen molar-refractivity contribution in [2.45, 2.75) is 34.1 Å². The zero-order valence-corrected chi connectivity index (χ0v) is 12.0. The van der Waals surface area contributed by atoms with Gasteiger partial charge in [0, 0.05) is 7.11 Å². The first-order valence-electron chi connectivity index (χ1n) is 6.15. The number of para-hydroxylation sites is 1. The molecule has 1 aromatic carbocycles. The van der Waals surface area contributed by atoms with Gasteiger partial charge in [0.2, 0.25) is 5.91 Å². The van der Waals surface area contributed by atoms with Crippen LogP contribution in [0.2, 0.25) is 0 Å². The monoisotopic (exact) mass is 285 g/mol. The number of carbonyl (C=O) groups is 1.